The molecule has 8 heteroatoms. The molecule has 0 aliphatic heterocycles. The second-order valence-corrected chi connectivity index (χ2v) is 6.09. The molecular weight excluding hydrogens is 374 g/mol. The van der Waals surface area contributed by atoms with Crippen molar-refractivity contribution in [2.24, 2.45) is 0 Å². The van der Waals surface area contributed by atoms with Crippen LogP contribution in [0.2, 0.25) is 0 Å². The summed E-state index contributed by atoms with van der Waals surface area (Å²) in [6.07, 6.45) is 2.86. The topological polar surface area (TPSA) is 104 Å². The van der Waals surface area contributed by atoms with Crippen LogP contribution in [0.5, 0.6) is 17.4 Å². The molecule has 0 atom stereocenters. The number of pyridine rings is 1. The van der Waals surface area contributed by atoms with E-state index in [0.717, 1.165) is 11.3 Å². The zero-order valence-electron chi connectivity index (χ0n) is 16.4. The van der Waals surface area contributed by atoms with E-state index in [4.69, 9.17) is 19.3 Å². The van der Waals surface area contributed by atoms with Gasteiger partial charge in [-0.25, -0.2) is 19.7 Å². The van der Waals surface area contributed by atoms with Gasteiger partial charge in [0.15, 0.2) is 11.6 Å². The average Bonchev–Trinajstić information content (AvgIpc) is 2.73. The number of aryl methyl sites for hydroxylation is 1. The van der Waals surface area contributed by atoms with Crippen molar-refractivity contribution < 1.29 is 24.1 Å². The van der Waals surface area contributed by atoms with Crippen LogP contribution in [-0.4, -0.2) is 39.7 Å². The summed E-state index contributed by atoms with van der Waals surface area (Å²) in [6.45, 7) is 4.24. The lowest BCUT2D eigenvalue weighted by Crippen LogP contribution is -2.05. The molecule has 0 radical (unpaired) electrons. The Morgan fingerprint density at radius 2 is 1.86 bits per heavy atom. The van der Waals surface area contributed by atoms with Gasteiger partial charge >= 0.3 is 5.97 Å². The van der Waals surface area contributed by atoms with Crippen LogP contribution in [0.4, 0.5) is 0 Å². The Balaban J connectivity index is 1.82. The quantitative estimate of drug-likeness (QED) is 0.618. The molecule has 29 heavy (non-hydrogen) atoms. The van der Waals surface area contributed by atoms with Gasteiger partial charge in [0.1, 0.15) is 12.4 Å². The first-order valence-corrected chi connectivity index (χ1v) is 8.97. The standard InChI is InChI=1S/C21H21N3O5/c1-4-28-18-9-15(19-22-11-17(21(25)26)13(2)24-19)10-23-20(18)29-12-14-5-7-16(27-3)8-6-14/h5-11H,4,12H2,1-3H3,(H,25,26). The normalized spacial score (nSPS) is 10.4. The molecule has 1 N–H and O–H groups in total. The summed E-state index contributed by atoms with van der Waals surface area (Å²) in [5.41, 5.74) is 2.00. The summed E-state index contributed by atoms with van der Waals surface area (Å²) in [4.78, 5) is 23.9. The zero-order chi connectivity index (χ0) is 20.8. The summed E-state index contributed by atoms with van der Waals surface area (Å²) in [6, 6.07) is 9.27. The van der Waals surface area contributed by atoms with Crippen molar-refractivity contribution >= 4 is 5.97 Å². The van der Waals surface area contributed by atoms with Crippen molar-refractivity contribution in [3.63, 3.8) is 0 Å². The van der Waals surface area contributed by atoms with Gasteiger partial charge in [-0.15, -0.1) is 0 Å². The molecule has 2 heterocycles. The van der Waals surface area contributed by atoms with Crippen LogP contribution in [-0.2, 0) is 6.61 Å². The van der Waals surface area contributed by atoms with Crippen molar-refractivity contribution in [2.45, 2.75) is 20.5 Å². The Kier molecular flexibility index (Phi) is 6.23. The SMILES string of the molecule is CCOc1cc(-c2ncc(C(=O)O)c(C)n2)cnc1OCc1ccc(OC)cc1. The number of nitrogens with zero attached hydrogens (tertiary/aromatic N) is 3. The van der Waals surface area contributed by atoms with Crippen LogP contribution in [0, 0.1) is 6.92 Å². The predicted octanol–water partition coefficient (Wildman–Crippen LogP) is 3.53. The van der Waals surface area contributed by atoms with Crippen molar-refractivity contribution in [3.05, 3.63) is 59.5 Å². The maximum atomic E-state index is 11.1. The van der Waals surface area contributed by atoms with Crippen LogP contribution < -0.4 is 14.2 Å². The fraction of sp³-hybridized carbons (Fsp3) is 0.238. The van der Waals surface area contributed by atoms with Gasteiger partial charge in [-0.2, -0.15) is 0 Å². The fourth-order valence-corrected chi connectivity index (χ4v) is 2.61. The van der Waals surface area contributed by atoms with Gasteiger partial charge in [0.25, 0.3) is 5.88 Å². The average molecular weight is 395 g/mol. The van der Waals surface area contributed by atoms with Crippen LogP contribution in [0.1, 0.15) is 28.5 Å². The van der Waals surface area contributed by atoms with Gasteiger partial charge < -0.3 is 19.3 Å². The number of hydrogen-bond donors (Lipinski definition) is 1. The molecule has 1 aromatic carbocycles. The number of rotatable bonds is 8. The van der Waals surface area contributed by atoms with E-state index in [1.165, 1.54) is 6.20 Å². The summed E-state index contributed by atoms with van der Waals surface area (Å²) < 4.78 is 16.6. The Morgan fingerprint density at radius 3 is 2.48 bits per heavy atom. The van der Waals surface area contributed by atoms with E-state index in [9.17, 15) is 4.79 Å². The highest BCUT2D eigenvalue weighted by molar-refractivity contribution is 5.88. The lowest BCUT2D eigenvalue weighted by atomic mass is 10.2. The Bertz CT molecular complexity index is 1010. The van der Waals surface area contributed by atoms with Crippen molar-refractivity contribution in [2.75, 3.05) is 13.7 Å². The molecule has 150 valence electrons. The summed E-state index contributed by atoms with van der Waals surface area (Å²) in [5.74, 6) is 0.884. The number of aromatic nitrogens is 3. The third-order valence-electron chi connectivity index (χ3n) is 4.12. The maximum absolute atomic E-state index is 11.1. The van der Waals surface area contributed by atoms with Gasteiger partial charge in [-0.3, -0.25) is 0 Å². The number of carbonyl (C=O) groups is 1. The molecule has 0 fully saturated rings. The van der Waals surface area contributed by atoms with Gasteiger partial charge in [0.2, 0.25) is 0 Å². The van der Waals surface area contributed by atoms with Gasteiger partial charge in [0.05, 0.1) is 25.0 Å². The lowest BCUT2D eigenvalue weighted by molar-refractivity contribution is 0.0695. The molecule has 0 amide bonds. The highest BCUT2D eigenvalue weighted by Crippen LogP contribution is 2.30. The Morgan fingerprint density at radius 1 is 1.10 bits per heavy atom. The van der Waals surface area contributed by atoms with E-state index in [-0.39, 0.29) is 5.56 Å². The van der Waals surface area contributed by atoms with E-state index >= 15 is 0 Å². The molecule has 0 bridgehead atoms. The largest absolute Gasteiger partial charge is 0.497 e. The van der Waals surface area contributed by atoms with E-state index in [1.54, 1.807) is 26.3 Å². The number of methoxy groups -OCH3 is 1. The molecule has 0 spiro atoms. The summed E-state index contributed by atoms with van der Waals surface area (Å²) >= 11 is 0. The minimum Gasteiger partial charge on any atom is -0.497 e. The number of carboxylic acids is 1. The predicted molar refractivity (Wildman–Crippen MR) is 105 cm³/mol. The number of hydrogen-bond acceptors (Lipinski definition) is 7. The number of ether oxygens (including phenoxy) is 3. The highest BCUT2D eigenvalue weighted by Gasteiger charge is 2.14. The van der Waals surface area contributed by atoms with Gasteiger partial charge in [0, 0.05) is 18.0 Å². The number of aromatic carboxylic acids is 1. The van der Waals surface area contributed by atoms with Crippen molar-refractivity contribution in [1.29, 1.82) is 0 Å². The molecule has 0 aliphatic rings. The molecule has 0 unspecified atom stereocenters. The highest BCUT2D eigenvalue weighted by atomic mass is 16.5. The fourth-order valence-electron chi connectivity index (χ4n) is 2.61. The van der Waals surface area contributed by atoms with Crippen molar-refractivity contribution in [3.8, 4) is 28.8 Å². The van der Waals surface area contributed by atoms with E-state index in [0.29, 0.717) is 41.9 Å². The van der Waals surface area contributed by atoms with Crippen LogP contribution >= 0.6 is 0 Å². The minimum absolute atomic E-state index is 0.0613. The molecule has 3 rings (SSSR count). The molecule has 0 saturated heterocycles. The Hall–Kier alpha value is -3.68. The van der Waals surface area contributed by atoms with E-state index < -0.39 is 5.97 Å². The van der Waals surface area contributed by atoms with Crippen LogP contribution in [0.15, 0.2) is 42.7 Å². The monoisotopic (exact) mass is 395 g/mol. The van der Waals surface area contributed by atoms with Gasteiger partial charge in [-0.05, 0) is 37.6 Å². The first kappa shape index (κ1) is 20.1. The lowest BCUT2D eigenvalue weighted by Gasteiger charge is -2.12. The molecule has 3 aromatic rings. The zero-order valence-corrected chi connectivity index (χ0v) is 16.4. The first-order valence-electron chi connectivity index (χ1n) is 8.97. The number of carboxylic acid groups (broad SMARTS) is 1. The smallest absolute Gasteiger partial charge is 0.339 e. The summed E-state index contributed by atoms with van der Waals surface area (Å²) in [7, 11) is 1.62. The molecule has 2 aromatic heterocycles. The molecule has 0 aliphatic carbocycles. The van der Waals surface area contributed by atoms with Crippen LogP contribution in [0.25, 0.3) is 11.4 Å². The molecular formula is C21H21N3O5. The second-order valence-electron chi connectivity index (χ2n) is 6.09. The molecule has 0 saturated carbocycles. The molecule has 8 nitrogen and oxygen atoms in total. The van der Waals surface area contributed by atoms with Crippen LogP contribution in [0.3, 0.4) is 0 Å². The third-order valence-corrected chi connectivity index (χ3v) is 4.12. The number of benzene rings is 1. The first-order chi connectivity index (χ1) is 14.0. The second kappa shape index (κ2) is 9.01. The minimum atomic E-state index is -1.07. The maximum Gasteiger partial charge on any atom is 0.339 e. The Labute approximate surface area is 168 Å². The van der Waals surface area contributed by atoms with E-state index in [2.05, 4.69) is 15.0 Å². The third kappa shape index (κ3) is 4.78. The van der Waals surface area contributed by atoms with Gasteiger partial charge in [-0.1, -0.05) is 12.1 Å². The van der Waals surface area contributed by atoms with Crippen molar-refractivity contribution in [1.82, 2.24) is 15.0 Å². The summed E-state index contributed by atoms with van der Waals surface area (Å²) in [5, 5.41) is 9.12. The van der Waals surface area contributed by atoms with E-state index in [1.807, 2.05) is 31.2 Å².